The monoisotopic (exact) mass is 334 g/mol. The highest BCUT2D eigenvalue weighted by Crippen LogP contribution is 2.20. The van der Waals surface area contributed by atoms with Crippen molar-refractivity contribution >= 4 is 26.5 Å². The lowest BCUT2D eigenvalue weighted by molar-refractivity contribution is 0.0702. The van der Waals surface area contributed by atoms with Gasteiger partial charge < -0.3 is 9.88 Å². The van der Waals surface area contributed by atoms with Crippen LogP contribution in [0.4, 0.5) is 0 Å². The van der Waals surface area contributed by atoms with Crippen LogP contribution in [-0.4, -0.2) is 48.3 Å². The quantitative estimate of drug-likeness (QED) is 0.913. The van der Waals surface area contributed by atoms with E-state index in [0.717, 1.165) is 0 Å². The molecule has 1 aliphatic rings. The summed E-state index contributed by atoms with van der Waals surface area (Å²) in [7, 11) is -3.07. The molecule has 3 rings (SSSR count). The summed E-state index contributed by atoms with van der Waals surface area (Å²) >= 11 is 0. The molecule has 0 radical (unpaired) electrons. The van der Waals surface area contributed by atoms with E-state index in [0.29, 0.717) is 23.7 Å². The second-order valence-corrected chi connectivity index (χ2v) is 7.98. The Kier molecular flexibility index (Phi) is 3.97. The van der Waals surface area contributed by atoms with Crippen LogP contribution in [0.25, 0.3) is 10.8 Å². The Labute approximate surface area is 134 Å². The normalized spacial score (nSPS) is 19.8. The summed E-state index contributed by atoms with van der Waals surface area (Å²) in [5.41, 5.74) is -0.124. The van der Waals surface area contributed by atoms with Crippen LogP contribution in [-0.2, 0) is 9.84 Å². The fourth-order valence-corrected chi connectivity index (χ4v) is 4.80. The number of rotatable bonds is 3. The number of pyridine rings is 1. The van der Waals surface area contributed by atoms with Gasteiger partial charge in [-0.15, -0.1) is 0 Å². The molecule has 1 saturated heterocycles. The third-order valence-electron chi connectivity index (χ3n) is 4.23. The number of carbonyl (C=O) groups excluding carboxylic acids is 1. The Morgan fingerprint density at radius 2 is 2.09 bits per heavy atom. The molecular weight excluding hydrogens is 316 g/mol. The third kappa shape index (κ3) is 3.01. The predicted molar refractivity (Wildman–Crippen MR) is 88.3 cm³/mol. The number of carbonyl (C=O) groups is 1. The van der Waals surface area contributed by atoms with Crippen LogP contribution < -0.4 is 5.56 Å². The molecular formula is C16H18N2O4S. The molecule has 1 aromatic heterocycles. The van der Waals surface area contributed by atoms with Crippen LogP contribution in [0.2, 0.25) is 0 Å². The first-order valence-electron chi connectivity index (χ1n) is 7.55. The van der Waals surface area contributed by atoms with Crippen molar-refractivity contribution in [2.75, 3.05) is 18.1 Å². The molecule has 2 heterocycles. The van der Waals surface area contributed by atoms with Gasteiger partial charge in [0.2, 0.25) is 0 Å². The number of sulfone groups is 1. The average molecular weight is 334 g/mol. The fraction of sp³-hybridized carbons (Fsp3) is 0.375. The van der Waals surface area contributed by atoms with Gasteiger partial charge in [-0.2, -0.15) is 0 Å². The zero-order valence-corrected chi connectivity index (χ0v) is 13.6. The van der Waals surface area contributed by atoms with Crippen LogP contribution >= 0.6 is 0 Å². The topological polar surface area (TPSA) is 87.3 Å². The van der Waals surface area contributed by atoms with Gasteiger partial charge in [0, 0.05) is 18.0 Å². The van der Waals surface area contributed by atoms with Gasteiger partial charge in [-0.3, -0.25) is 9.59 Å². The molecule has 0 aliphatic carbocycles. The average Bonchev–Trinajstić information content (AvgIpc) is 2.87. The maximum Gasteiger partial charge on any atom is 0.270 e. The molecule has 1 amide bonds. The summed E-state index contributed by atoms with van der Waals surface area (Å²) in [6.07, 6.45) is 0.444. The minimum Gasteiger partial charge on any atom is -0.334 e. The van der Waals surface area contributed by atoms with Crippen molar-refractivity contribution in [1.82, 2.24) is 9.88 Å². The lowest BCUT2D eigenvalue weighted by Crippen LogP contribution is -2.41. The van der Waals surface area contributed by atoms with Crippen LogP contribution in [0.1, 0.15) is 23.8 Å². The SMILES string of the molecule is CCN(C(=O)c1cc2ccccc2c(=O)[nH]1)C1CCS(=O)(=O)C1. The summed E-state index contributed by atoms with van der Waals surface area (Å²) in [6, 6.07) is 8.36. The van der Waals surface area contributed by atoms with Crippen molar-refractivity contribution in [3.63, 3.8) is 0 Å². The number of nitrogens with one attached hydrogen (secondary N) is 1. The van der Waals surface area contributed by atoms with Crippen molar-refractivity contribution in [2.45, 2.75) is 19.4 Å². The fourth-order valence-electron chi connectivity index (χ4n) is 3.07. The van der Waals surface area contributed by atoms with Gasteiger partial charge in [-0.25, -0.2) is 8.42 Å². The Morgan fingerprint density at radius 1 is 1.35 bits per heavy atom. The number of H-pyrrole nitrogens is 1. The van der Waals surface area contributed by atoms with E-state index < -0.39 is 9.84 Å². The Balaban J connectivity index is 1.97. The van der Waals surface area contributed by atoms with Gasteiger partial charge >= 0.3 is 0 Å². The highest BCUT2D eigenvalue weighted by atomic mass is 32.2. The highest BCUT2D eigenvalue weighted by molar-refractivity contribution is 7.91. The number of aromatic nitrogens is 1. The summed E-state index contributed by atoms with van der Waals surface area (Å²) in [5.74, 6) is -0.238. The Hall–Kier alpha value is -2.15. The number of hydrogen-bond acceptors (Lipinski definition) is 4. The molecule has 0 saturated carbocycles. The van der Waals surface area contributed by atoms with Crippen LogP contribution in [0.3, 0.4) is 0 Å². The minimum atomic E-state index is -3.07. The van der Waals surface area contributed by atoms with Gasteiger partial charge in [0.15, 0.2) is 9.84 Å². The smallest absolute Gasteiger partial charge is 0.270 e. The molecule has 1 fully saturated rings. The Morgan fingerprint density at radius 3 is 2.74 bits per heavy atom. The number of amides is 1. The maximum absolute atomic E-state index is 12.7. The van der Waals surface area contributed by atoms with E-state index in [4.69, 9.17) is 0 Å². The molecule has 0 spiro atoms. The van der Waals surface area contributed by atoms with Crippen LogP contribution in [0.15, 0.2) is 35.1 Å². The zero-order chi connectivity index (χ0) is 16.6. The molecule has 1 atom stereocenters. The van der Waals surface area contributed by atoms with Crippen molar-refractivity contribution in [2.24, 2.45) is 0 Å². The molecule has 1 aromatic carbocycles. The van der Waals surface area contributed by atoms with E-state index >= 15 is 0 Å². The van der Waals surface area contributed by atoms with E-state index in [1.54, 1.807) is 30.3 Å². The second kappa shape index (κ2) is 5.81. The molecule has 122 valence electrons. The first-order chi connectivity index (χ1) is 10.9. The lowest BCUT2D eigenvalue weighted by Gasteiger charge is -2.26. The summed E-state index contributed by atoms with van der Waals surface area (Å²) < 4.78 is 23.3. The molecule has 6 nitrogen and oxygen atoms in total. The summed E-state index contributed by atoms with van der Waals surface area (Å²) in [5, 5.41) is 1.21. The lowest BCUT2D eigenvalue weighted by atomic mass is 10.1. The van der Waals surface area contributed by atoms with E-state index in [2.05, 4.69) is 4.98 Å². The molecule has 0 bridgehead atoms. The largest absolute Gasteiger partial charge is 0.334 e. The molecule has 2 aromatic rings. The first-order valence-corrected chi connectivity index (χ1v) is 9.37. The third-order valence-corrected chi connectivity index (χ3v) is 5.98. The van der Waals surface area contributed by atoms with Gasteiger partial charge in [0.05, 0.1) is 11.5 Å². The van der Waals surface area contributed by atoms with E-state index in [1.807, 2.05) is 6.92 Å². The number of fused-ring (bicyclic) bond motifs is 1. The minimum absolute atomic E-state index is 0.00953. The van der Waals surface area contributed by atoms with E-state index in [1.165, 1.54) is 4.90 Å². The number of aromatic amines is 1. The van der Waals surface area contributed by atoms with E-state index in [-0.39, 0.29) is 34.7 Å². The number of benzene rings is 1. The predicted octanol–water partition coefficient (Wildman–Crippen LogP) is 1.18. The van der Waals surface area contributed by atoms with Crippen molar-refractivity contribution in [1.29, 1.82) is 0 Å². The number of nitrogens with zero attached hydrogens (tertiary/aromatic N) is 1. The van der Waals surface area contributed by atoms with Crippen molar-refractivity contribution in [3.05, 3.63) is 46.4 Å². The van der Waals surface area contributed by atoms with Crippen molar-refractivity contribution in [3.8, 4) is 0 Å². The molecule has 7 heteroatoms. The summed E-state index contributed by atoms with van der Waals surface area (Å²) in [4.78, 5) is 29.0. The van der Waals surface area contributed by atoms with Crippen LogP contribution in [0, 0.1) is 0 Å². The van der Waals surface area contributed by atoms with E-state index in [9.17, 15) is 18.0 Å². The molecule has 1 unspecified atom stereocenters. The van der Waals surface area contributed by atoms with Gasteiger partial charge in [0.25, 0.3) is 11.5 Å². The highest BCUT2D eigenvalue weighted by Gasteiger charge is 2.34. The summed E-state index contributed by atoms with van der Waals surface area (Å²) in [6.45, 7) is 2.20. The maximum atomic E-state index is 12.7. The molecule has 23 heavy (non-hydrogen) atoms. The first kappa shape index (κ1) is 15.7. The van der Waals surface area contributed by atoms with Crippen molar-refractivity contribution < 1.29 is 13.2 Å². The van der Waals surface area contributed by atoms with Gasteiger partial charge in [-0.1, -0.05) is 18.2 Å². The standard InChI is InChI=1S/C16H18N2O4S/c1-2-18(12-7-8-23(21,22)10-12)16(20)14-9-11-5-3-4-6-13(11)15(19)17-14/h3-6,9,12H,2,7-8,10H2,1H3,(H,17,19). The van der Waals surface area contributed by atoms with Crippen LogP contribution in [0.5, 0.6) is 0 Å². The second-order valence-electron chi connectivity index (χ2n) is 5.75. The van der Waals surface area contributed by atoms with Gasteiger partial charge in [0.1, 0.15) is 5.69 Å². The Bertz CT molecular complexity index is 917. The molecule has 1 N–H and O–H groups in total. The molecule has 1 aliphatic heterocycles. The number of hydrogen-bond donors (Lipinski definition) is 1. The zero-order valence-electron chi connectivity index (χ0n) is 12.8. The van der Waals surface area contributed by atoms with Gasteiger partial charge in [-0.05, 0) is 30.9 Å².